The number of ether oxygens (including phenoxy) is 1. The van der Waals surface area contributed by atoms with Gasteiger partial charge >= 0.3 is 0 Å². The van der Waals surface area contributed by atoms with Crippen LogP contribution in [-0.4, -0.2) is 28.1 Å². The molecule has 100 valence electrons. The van der Waals surface area contributed by atoms with E-state index in [1.165, 1.54) is 12.1 Å². The smallest absolute Gasteiger partial charge is 0.238 e. The molecule has 1 aliphatic rings. The highest BCUT2D eigenvalue weighted by Crippen LogP contribution is 2.31. The Morgan fingerprint density at radius 1 is 1.33 bits per heavy atom. The molecule has 5 nitrogen and oxygen atoms in total. The monoisotopic (exact) mass is 270 g/mol. The summed E-state index contributed by atoms with van der Waals surface area (Å²) in [5.74, 6) is 1.37. The Kier molecular flexibility index (Phi) is 3.89. The van der Waals surface area contributed by atoms with Gasteiger partial charge < -0.3 is 10.1 Å². The summed E-state index contributed by atoms with van der Waals surface area (Å²) in [6, 6.07) is 6.22. The van der Waals surface area contributed by atoms with Crippen LogP contribution in [0.5, 0.6) is 5.75 Å². The summed E-state index contributed by atoms with van der Waals surface area (Å²) in [6.07, 6.45) is 2.32. The molecule has 6 heteroatoms. The normalized spacial score (nSPS) is 23.4. The number of hydrogen-bond acceptors (Lipinski definition) is 4. The minimum absolute atomic E-state index is 0.108. The highest BCUT2D eigenvalue weighted by atomic mass is 32.2. The van der Waals surface area contributed by atoms with E-state index in [1.54, 1.807) is 12.1 Å². The zero-order chi connectivity index (χ0) is 13.2. The molecule has 1 fully saturated rings. The molecule has 0 atom stereocenters. The van der Waals surface area contributed by atoms with Crippen LogP contribution in [0.1, 0.15) is 12.8 Å². The van der Waals surface area contributed by atoms with Gasteiger partial charge in [-0.15, -0.1) is 0 Å². The summed E-state index contributed by atoms with van der Waals surface area (Å²) < 4.78 is 27.9. The van der Waals surface area contributed by atoms with Crippen LogP contribution in [-0.2, 0) is 10.0 Å². The molecule has 0 aromatic heterocycles. The van der Waals surface area contributed by atoms with E-state index in [9.17, 15) is 8.42 Å². The summed E-state index contributed by atoms with van der Waals surface area (Å²) in [5, 5.41) is 8.16. The largest absolute Gasteiger partial charge is 0.490 e. The van der Waals surface area contributed by atoms with Crippen molar-refractivity contribution in [2.45, 2.75) is 23.8 Å². The average molecular weight is 270 g/mol. The Labute approximate surface area is 107 Å². The maximum atomic E-state index is 11.1. The second-order valence-corrected chi connectivity index (χ2v) is 6.21. The fourth-order valence-corrected chi connectivity index (χ4v) is 2.64. The summed E-state index contributed by atoms with van der Waals surface area (Å²) in [7, 11) is -1.67. The predicted molar refractivity (Wildman–Crippen MR) is 68.9 cm³/mol. The lowest BCUT2D eigenvalue weighted by Crippen LogP contribution is -2.38. The van der Waals surface area contributed by atoms with E-state index in [1.807, 2.05) is 7.05 Å². The van der Waals surface area contributed by atoms with Gasteiger partial charge in [-0.25, -0.2) is 13.6 Å². The fraction of sp³-hybridized carbons (Fsp3) is 0.500. The summed E-state index contributed by atoms with van der Waals surface area (Å²) in [6.45, 7) is 1.02. The first-order chi connectivity index (χ1) is 8.49. The van der Waals surface area contributed by atoms with Gasteiger partial charge in [-0.05, 0) is 56.6 Å². The lowest BCUT2D eigenvalue weighted by Gasteiger charge is -2.35. The van der Waals surface area contributed by atoms with Crippen LogP contribution < -0.4 is 15.2 Å². The van der Waals surface area contributed by atoms with Crippen molar-refractivity contribution in [3.8, 4) is 5.75 Å². The Hall–Kier alpha value is -1.11. The number of hydrogen-bond donors (Lipinski definition) is 2. The third-order valence-corrected chi connectivity index (χ3v) is 4.07. The van der Waals surface area contributed by atoms with Gasteiger partial charge in [0.25, 0.3) is 0 Å². The van der Waals surface area contributed by atoms with Gasteiger partial charge in [0.15, 0.2) is 0 Å². The molecule has 0 bridgehead atoms. The van der Waals surface area contributed by atoms with Crippen molar-refractivity contribution in [2.75, 3.05) is 13.6 Å². The Morgan fingerprint density at radius 2 is 1.94 bits per heavy atom. The van der Waals surface area contributed by atoms with Crippen molar-refractivity contribution in [2.24, 2.45) is 11.1 Å². The fourth-order valence-electron chi connectivity index (χ4n) is 2.13. The van der Waals surface area contributed by atoms with Crippen molar-refractivity contribution < 1.29 is 13.2 Å². The van der Waals surface area contributed by atoms with Gasteiger partial charge in [0.1, 0.15) is 5.75 Å². The second-order valence-electron chi connectivity index (χ2n) is 4.65. The molecule has 0 heterocycles. The number of benzene rings is 1. The quantitative estimate of drug-likeness (QED) is 0.825. The molecule has 0 spiro atoms. The molecule has 0 saturated heterocycles. The zero-order valence-electron chi connectivity index (χ0n) is 10.3. The maximum Gasteiger partial charge on any atom is 0.238 e. The minimum atomic E-state index is -3.62. The Balaban J connectivity index is 1.89. The number of primary sulfonamides is 1. The summed E-state index contributed by atoms with van der Waals surface area (Å²) in [4.78, 5) is 0.108. The average Bonchev–Trinajstić information content (AvgIpc) is 2.26. The molecule has 1 aromatic carbocycles. The van der Waals surface area contributed by atoms with Crippen molar-refractivity contribution >= 4 is 10.0 Å². The second kappa shape index (κ2) is 5.26. The molecule has 1 saturated carbocycles. The van der Waals surface area contributed by atoms with Crippen LogP contribution in [0.4, 0.5) is 0 Å². The van der Waals surface area contributed by atoms with Gasteiger partial charge in [-0.3, -0.25) is 0 Å². The third-order valence-electron chi connectivity index (χ3n) is 3.14. The number of rotatable bonds is 5. The molecule has 3 N–H and O–H groups in total. The molecule has 0 amide bonds. The molecular weight excluding hydrogens is 252 g/mol. The van der Waals surface area contributed by atoms with Gasteiger partial charge in [0.2, 0.25) is 10.0 Å². The van der Waals surface area contributed by atoms with E-state index < -0.39 is 10.0 Å². The van der Waals surface area contributed by atoms with E-state index >= 15 is 0 Å². The van der Waals surface area contributed by atoms with Crippen molar-refractivity contribution in [1.82, 2.24) is 5.32 Å². The van der Waals surface area contributed by atoms with Gasteiger partial charge in [0.05, 0.1) is 11.0 Å². The van der Waals surface area contributed by atoms with Crippen molar-refractivity contribution in [3.63, 3.8) is 0 Å². The van der Waals surface area contributed by atoms with E-state index in [0.29, 0.717) is 11.7 Å². The number of nitrogens with two attached hydrogens (primary N) is 1. The highest BCUT2D eigenvalue weighted by Gasteiger charge is 2.30. The summed E-state index contributed by atoms with van der Waals surface area (Å²) in [5.41, 5.74) is 0. The van der Waals surface area contributed by atoms with Crippen molar-refractivity contribution in [1.29, 1.82) is 0 Å². The molecule has 2 rings (SSSR count). The van der Waals surface area contributed by atoms with Crippen LogP contribution in [0, 0.1) is 5.92 Å². The zero-order valence-corrected chi connectivity index (χ0v) is 11.1. The molecule has 1 aromatic rings. The molecular formula is C12H18N2O3S. The van der Waals surface area contributed by atoms with E-state index in [4.69, 9.17) is 9.88 Å². The Bertz CT molecular complexity index is 493. The van der Waals surface area contributed by atoms with Crippen LogP contribution in [0.15, 0.2) is 29.2 Å². The standard InChI is InChI=1S/C12H18N2O3S/c1-14-8-9-6-11(7-9)17-10-2-4-12(5-3-10)18(13,15)16/h2-5,9,11,14H,6-8H2,1H3,(H2,13,15,16). The van der Waals surface area contributed by atoms with Crippen LogP contribution in [0.3, 0.4) is 0 Å². The first kappa shape index (κ1) is 13.3. The van der Waals surface area contributed by atoms with Gasteiger partial charge in [0, 0.05) is 0 Å². The van der Waals surface area contributed by atoms with Crippen LogP contribution in [0.2, 0.25) is 0 Å². The Morgan fingerprint density at radius 3 is 2.44 bits per heavy atom. The third kappa shape index (κ3) is 3.22. The lowest BCUT2D eigenvalue weighted by atomic mass is 9.82. The maximum absolute atomic E-state index is 11.1. The summed E-state index contributed by atoms with van der Waals surface area (Å²) >= 11 is 0. The van der Waals surface area contributed by atoms with Gasteiger partial charge in [-0.1, -0.05) is 0 Å². The van der Waals surface area contributed by atoms with Crippen molar-refractivity contribution in [3.05, 3.63) is 24.3 Å². The first-order valence-corrected chi connectivity index (χ1v) is 7.48. The molecule has 0 unspecified atom stereocenters. The number of sulfonamides is 1. The lowest BCUT2D eigenvalue weighted by molar-refractivity contribution is 0.0657. The topological polar surface area (TPSA) is 81.4 Å². The molecule has 18 heavy (non-hydrogen) atoms. The SMILES string of the molecule is CNCC1CC(Oc2ccc(S(N)(=O)=O)cc2)C1. The molecule has 0 aliphatic heterocycles. The van der Waals surface area contributed by atoms with E-state index in [2.05, 4.69) is 5.32 Å². The number of nitrogens with one attached hydrogen (secondary N) is 1. The van der Waals surface area contributed by atoms with Gasteiger partial charge in [-0.2, -0.15) is 0 Å². The van der Waals surface area contributed by atoms with Crippen LogP contribution in [0.25, 0.3) is 0 Å². The molecule has 1 aliphatic carbocycles. The minimum Gasteiger partial charge on any atom is -0.490 e. The highest BCUT2D eigenvalue weighted by molar-refractivity contribution is 7.89. The van der Waals surface area contributed by atoms with E-state index in [0.717, 1.165) is 19.4 Å². The molecule has 0 radical (unpaired) electrons. The predicted octanol–water partition coefficient (Wildman–Crippen LogP) is 0.711. The first-order valence-electron chi connectivity index (χ1n) is 5.93. The van der Waals surface area contributed by atoms with E-state index in [-0.39, 0.29) is 11.0 Å². The van der Waals surface area contributed by atoms with Crippen LogP contribution >= 0.6 is 0 Å².